The second-order valence-electron chi connectivity index (χ2n) is 6.13. The maximum absolute atomic E-state index is 13.2. The molecule has 0 aliphatic heterocycles. The third-order valence-electron chi connectivity index (χ3n) is 4.34. The average Bonchev–Trinajstić information content (AvgIpc) is 3.16. The van der Waals surface area contributed by atoms with Gasteiger partial charge in [-0.05, 0) is 48.5 Å². The second-order valence-corrected chi connectivity index (χ2v) is 6.13. The summed E-state index contributed by atoms with van der Waals surface area (Å²) in [5.74, 6) is -0.418. The third kappa shape index (κ3) is 2.67. The highest BCUT2D eigenvalue weighted by molar-refractivity contribution is 6.08. The van der Waals surface area contributed by atoms with Crippen molar-refractivity contribution in [1.29, 1.82) is 0 Å². The molecule has 2 aromatic carbocycles. The summed E-state index contributed by atoms with van der Waals surface area (Å²) in [5, 5.41) is 13.2. The Hall–Kier alpha value is -4.07. The quantitative estimate of drug-likeness (QED) is 0.454. The smallest absolute Gasteiger partial charge is 0.272 e. The first-order valence-electron chi connectivity index (χ1n) is 8.43. The number of fused-ring (bicyclic) bond motifs is 2. The van der Waals surface area contributed by atoms with Gasteiger partial charge >= 0.3 is 0 Å². The standard InChI is InChI=1S/C20H11FN6O/c21-15-6-3-12(4-7-15)17-11-23-20-25-24-19(27(20)26-17)18(28)14-5-8-16-13(10-14)2-1-9-22-16/h1-11H. The molecule has 0 amide bonds. The predicted octanol–water partition coefficient (Wildman–Crippen LogP) is 3.10. The van der Waals surface area contributed by atoms with E-state index in [1.807, 2.05) is 12.1 Å². The zero-order valence-electron chi connectivity index (χ0n) is 14.3. The number of rotatable bonds is 3. The summed E-state index contributed by atoms with van der Waals surface area (Å²) < 4.78 is 14.5. The van der Waals surface area contributed by atoms with Crippen molar-refractivity contribution >= 4 is 22.5 Å². The molecular formula is C20H11FN6O. The van der Waals surface area contributed by atoms with Crippen molar-refractivity contribution in [2.75, 3.05) is 0 Å². The molecule has 0 unspecified atom stereocenters. The van der Waals surface area contributed by atoms with Crippen LogP contribution in [0.1, 0.15) is 16.2 Å². The van der Waals surface area contributed by atoms with Gasteiger partial charge in [-0.15, -0.1) is 10.2 Å². The molecule has 0 saturated carbocycles. The lowest BCUT2D eigenvalue weighted by Gasteiger charge is -2.03. The van der Waals surface area contributed by atoms with E-state index in [2.05, 4.69) is 25.3 Å². The van der Waals surface area contributed by atoms with Gasteiger partial charge < -0.3 is 0 Å². The highest BCUT2D eigenvalue weighted by atomic mass is 19.1. The Bertz CT molecular complexity index is 1350. The van der Waals surface area contributed by atoms with Crippen LogP contribution in [0.2, 0.25) is 0 Å². The number of carbonyl (C=O) groups excluding carboxylic acids is 1. The molecule has 0 fully saturated rings. The lowest BCUT2D eigenvalue weighted by molar-refractivity contribution is 0.102. The minimum atomic E-state index is -0.344. The van der Waals surface area contributed by atoms with E-state index in [9.17, 15) is 9.18 Å². The van der Waals surface area contributed by atoms with Gasteiger partial charge in [-0.1, -0.05) is 6.07 Å². The fourth-order valence-electron chi connectivity index (χ4n) is 2.94. The van der Waals surface area contributed by atoms with Crippen LogP contribution in [0.5, 0.6) is 0 Å². The molecule has 0 N–H and O–H groups in total. The molecule has 0 radical (unpaired) electrons. The van der Waals surface area contributed by atoms with Crippen molar-refractivity contribution in [3.8, 4) is 11.3 Å². The molecule has 5 rings (SSSR count). The normalized spacial score (nSPS) is 11.2. The molecule has 3 aromatic heterocycles. The van der Waals surface area contributed by atoms with E-state index in [4.69, 9.17) is 0 Å². The number of hydrogen-bond donors (Lipinski definition) is 0. The Morgan fingerprint density at radius 2 is 1.82 bits per heavy atom. The van der Waals surface area contributed by atoms with Crippen LogP contribution in [0, 0.1) is 5.82 Å². The van der Waals surface area contributed by atoms with E-state index in [1.165, 1.54) is 22.8 Å². The van der Waals surface area contributed by atoms with Gasteiger partial charge in [0.1, 0.15) is 11.5 Å². The van der Waals surface area contributed by atoms with Gasteiger partial charge in [-0.3, -0.25) is 9.78 Å². The van der Waals surface area contributed by atoms with E-state index >= 15 is 0 Å². The first-order valence-corrected chi connectivity index (χ1v) is 8.43. The van der Waals surface area contributed by atoms with Gasteiger partial charge in [0, 0.05) is 22.7 Å². The van der Waals surface area contributed by atoms with E-state index < -0.39 is 0 Å². The van der Waals surface area contributed by atoms with Crippen LogP contribution in [0.15, 0.2) is 67.0 Å². The molecule has 134 valence electrons. The molecule has 0 bridgehead atoms. The Morgan fingerprint density at radius 3 is 2.68 bits per heavy atom. The maximum Gasteiger partial charge on any atom is 0.272 e. The van der Waals surface area contributed by atoms with Gasteiger partial charge in [0.2, 0.25) is 11.6 Å². The lowest BCUT2D eigenvalue weighted by atomic mass is 10.1. The Labute approximate surface area is 157 Å². The van der Waals surface area contributed by atoms with Gasteiger partial charge in [-0.25, -0.2) is 9.37 Å². The van der Waals surface area contributed by atoms with Crippen LogP contribution in [-0.2, 0) is 0 Å². The highest BCUT2D eigenvalue weighted by Crippen LogP contribution is 2.19. The van der Waals surface area contributed by atoms with Crippen molar-refractivity contribution in [3.05, 3.63) is 84.2 Å². The molecule has 0 spiro atoms. The van der Waals surface area contributed by atoms with E-state index in [1.54, 1.807) is 36.5 Å². The topological polar surface area (TPSA) is 85.9 Å². The molecule has 0 atom stereocenters. The van der Waals surface area contributed by atoms with E-state index in [0.29, 0.717) is 16.8 Å². The predicted molar refractivity (Wildman–Crippen MR) is 99.1 cm³/mol. The van der Waals surface area contributed by atoms with Crippen molar-refractivity contribution < 1.29 is 9.18 Å². The fourth-order valence-corrected chi connectivity index (χ4v) is 2.94. The van der Waals surface area contributed by atoms with Crippen molar-refractivity contribution in [3.63, 3.8) is 0 Å². The molecule has 3 heterocycles. The number of halogens is 1. The summed E-state index contributed by atoms with van der Waals surface area (Å²) in [4.78, 5) is 21.4. The Balaban J connectivity index is 1.60. The van der Waals surface area contributed by atoms with Crippen LogP contribution >= 0.6 is 0 Å². The van der Waals surface area contributed by atoms with Crippen LogP contribution < -0.4 is 0 Å². The second kappa shape index (κ2) is 6.27. The molecular weight excluding hydrogens is 359 g/mol. The Morgan fingerprint density at radius 1 is 0.964 bits per heavy atom. The van der Waals surface area contributed by atoms with Crippen molar-refractivity contribution in [2.24, 2.45) is 0 Å². The van der Waals surface area contributed by atoms with Gasteiger partial charge in [-0.2, -0.15) is 9.61 Å². The lowest BCUT2D eigenvalue weighted by Crippen LogP contribution is -2.10. The monoisotopic (exact) mass is 370 g/mol. The number of benzene rings is 2. The summed E-state index contributed by atoms with van der Waals surface area (Å²) in [6, 6.07) is 14.8. The first kappa shape index (κ1) is 16.1. The number of ketones is 1. The molecule has 8 heteroatoms. The number of aromatic nitrogens is 6. The fraction of sp³-hybridized carbons (Fsp3) is 0. The summed E-state index contributed by atoms with van der Waals surface area (Å²) in [6.45, 7) is 0. The largest absolute Gasteiger partial charge is 0.285 e. The number of hydrogen-bond acceptors (Lipinski definition) is 6. The Kier molecular flexibility index (Phi) is 3.61. The molecule has 7 nitrogen and oxygen atoms in total. The highest BCUT2D eigenvalue weighted by Gasteiger charge is 2.19. The zero-order chi connectivity index (χ0) is 19.1. The first-order chi connectivity index (χ1) is 13.7. The van der Waals surface area contributed by atoms with Gasteiger partial charge in [0.25, 0.3) is 5.78 Å². The van der Waals surface area contributed by atoms with E-state index in [-0.39, 0.29) is 23.2 Å². The van der Waals surface area contributed by atoms with E-state index in [0.717, 1.165) is 10.9 Å². The molecule has 0 aliphatic carbocycles. The number of carbonyl (C=O) groups is 1. The summed E-state index contributed by atoms with van der Waals surface area (Å²) >= 11 is 0. The van der Waals surface area contributed by atoms with Crippen molar-refractivity contribution in [1.82, 2.24) is 29.8 Å². The minimum absolute atomic E-state index is 0.0506. The van der Waals surface area contributed by atoms with Gasteiger partial charge in [0.05, 0.1) is 11.7 Å². The van der Waals surface area contributed by atoms with Crippen molar-refractivity contribution in [2.45, 2.75) is 0 Å². The molecule has 5 aromatic rings. The minimum Gasteiger partial charge on any atom is -0.285 e. The average molecular weight is 370 g/mol. The molecule has 28 heavy (non-hydrogen) atoms. The molecule has 0 aliphatic rings. The van der Waals surface area contributed by atoms with Crippen LogP contribution in [0.25, 0.3) is 27.9 Å². The third-order valence-corrected chi connectivity index (χ3v) is 4.34. The summed E-state index contributed by atoms with van der Waals surface area (Å²) in [6.07, 6.45) is 3.20. The zero-order valence-corrected chi connectivity index (χ0v) is 14.3. The van der Waals surface area contributed by atoms with Crippen LogP contribution in [-0.4, -0.2) is 35.6 Å². The van der Waals surface area contributed by atoms with Crippen LogP contribution in [0.3, 0.4) is 0 Å². The van der Waals surface area contributed by atoms with Gasteiger partial charge in [0.15, 0.2) is 0 Å². The molecule has 0 saturated heterocycles. The number of nitrogens with zero attached hydrogens (tertiary/aromatic N) is 6. The summed E-state index contributed by atoms with van der Waals surface area (Å²) in [5.41, 5.74) is 2.39. The maximum atomic E-state index is 13.2. The summed E-state index contributed by atoms with van der Waals surface area (Å²) in [7, 11) is 0. The number of pyridine rings is 1. The van der Waals surface area contributed by atoms with Crippen LogP contribution in [0.4, 0.5) is 4.39 Å². The SMILES string of the molecule is O=C(c1ccc2ncccc2c1)c1nnc2ncc(-c3ccc(F)cc3)nn12.